The van der Waals surface area contributed by atoms with Gasteiger partial charge in [0.1, 0.15) is 0 Å². The molecule has 0 radical (unpaired) electrons. The molecule has 2 aromatic carbocycles. The maximum absolute atomic E-state index is 12.8. The van der Waals surface area contributed by atoms with Crippen LogP contribution >= 0.6 is 0 Å². The van der Waals surface area contributed by atoms with Crippen LogP contribution in [0.4, 0.5) is 11.4 Å². The van der Waals surface area contributed by atoms with Crippen LogP contribution in [0.15, 0.2) is 36.4 Å². The Kier molecular flexibility index (Phi) is 7.93. The summed E-state index contributed by atoms with van der Waals surface area (Å²) in [6.45, 7) is 1.92. The van der Waals surface area contributed by atoms with Gasteiger partial charge < -0.3 is 20.1 Å². The fourth-order valence-electron chi connectivity index (χ4n) is 4.04. The van der Waals surface area contributed by atoms with Crippen LogP contribution in [-0.2, 0) is 4.79 Å². The average Bonchev–Trinajstić information content (AvgIpc) is 2.80. The van der Waals surface area contributed by atoms with Gasteiger partial charge in [-0.25, -0.2) is 0 Å². The van der Waals surface area contributed by atoms with Gasteiger partial charge >= 0.3 is 0 Å². The summed E-state index contributed by atoms with van der Waals surface area (Å²) >= 11 is 0. The van der Waals surface area contributed by atoms with Crippen molar-refractivity contribution in [2.45, 2.75) is 51.9 Å². The second kappa shape index (κ2) is 10.8. The standard InChI is InChI=1S/C25H32N2O4/c1-17-9-12-20(26-24(28)14-10-18-7-5-4-6-8-18)16-21(17)27-25(29)19-11-13-22(30-2)23(15-19)31-3/h9,11-13,15-16,18H,4-8,10,14H2,1-3H3,(H,26,28)(H,27,29). The highest BCUT2D eigenvalue weighted by Gasteiger charge is 2.16. The van der Waals surface area contributed by atoms with Crippen molar-refractivity contribution in [2.24, 2.45) is 5.92 Å². The molecule has 0 saturated heterocycles. The summed E-state index contributed by atoms with van der Waals surface area (Å²) in [5.41, 5.74) is 2.71. The van der Waals surface area contributed by atoms with Crippen LogP contribution in [0.1, 0.15) is 60.9 Å². The molecule has 6 heteroatoms. The third-order valence-corrected chi connectivity index (χ3v) is 5.92. The molecule has 0 aromatic heterocycles. The van der Waals surface area contributed by atoms with E-state index >= 15 is 0 Å². The van der Waals surface area contributed by atoms with Crippen LogP contribution < -0.4 is 20.1 Å². The first-order chi connectivity index (χ1) is 15.0. The monoisotopic (exact) mass is 424 g/mol. The number of rotatable bonds is 8. The van der Waals surface area contributed by atoms with E-state index in [1.807, 2.05) is 19.1 Å². The molecule has 2 N–H and O–H groups in total. The first-order valence-corrected chi connectivity index (χ1v) is 10.9. The second-order valence-corrected chi connectivity index (χ2v) is 8.14. The van der Waals surface area contributed by atoms with Gasteiger partial charge in [0, 0.05) is 23.4 Å². The number of benzene rings is 2. The minimum atomic E-state index is -0.259. The quantitative estimate of drug-likeness (QED) is 0.581. The molecule has 3 rings (SSSR count). The molecule has 166 valence electrons. The molecule has 1 fully saturated rings. The van der Waals surface area contributed by atoms with E-state index in [2.05, 4.69) is 10.6 Å². The van der Waals surface area contributed by atoms with Gasteiger partial charge in [-0.3, -0.25) is 9.59 Å². The van der Waals surface area contributed by atoms with Gasteiger partial charge in [-0.15, -0.1) is 0 Å². The third kappa shape index (κ3) is 6.23. The van der Waals surface area contributed by atoms with Crippen molar-refractivity contribution in [3.8, 4) is 11.5 Å². The van der Waals surface area contributed by atoms with Crippen LogP contribution in [0.25, 0.3) is 0 Å². The smallest absolute Gasteiger partial charge is 0.255 e. The Morgan fingerprint density at radius 2 is 1.68 bits per heavy atom. The van der Waals surface area contributed by atoms with Gasteiger partial charge in [-0.05, 0) is 55.2 Å². The Balaban J connectivity index is 1.62. The number of hydrogen-bond acceptors (Lipinski definition) is 4. The largest absolute Gasteiger partial charge is 0.493 e. The van der Waals surface area contributed by atoms with Gasteiger partial charge in [0.2, 0.25) is 5.91 Å². The number of carbonyl (C=O) groups is 2. The Hall–Kier alpha value is -3.02. The summed E-state index contributed by atoms with van der Waals surface area (Å²) in [4.78, 5) is 25.2. The molecule has 1 aliphatic rings. The Morgan fingerprint density at radius 1 is 0.935 bits per heavy atom. The summed E-state index contributed by atoms with van der Waals surface area (Å²) in [6.07, 6.45) is 7.85. The van der Waals surface area contributed by atoms with Crippen LogP contribution in [0.2, 0.25) is 0 Å². The summed E-state index contributed by atoms with van der Waals surface area (Å²) in [7, 11) is 3.08. The fourth-order valence-corrected chi connectivity index (χ4v) is 4.04. The number of hydrogen-bond donors (Lipinski definition) is 2. The lowest BCUT2D eigenvalue weighted by Crippen LogP contribution is -2.16. The average molecular weight is 425 g/mol. The van der Waals surface area contributed by atoms with Crippen LogP contribution in [-0.4, -0.2) is 26.0 Å². The number of ether oxygens (including phenoxy) is 2. The number of carbonyl (C=O) groups excluding carboxylic acids is 2. The summed E-state index contributed by atoms with van der Waals surface area (Å²) in [5.74, 6) is 1.49. The first-order valence-electron chi connectivity index (χ1n) is 10.9. The molecule has 6 nitrogen and oxygen atoms in total. The lowest BCUT2D eigenvalue weighted by molar-refractivity contribution is -0.116. The van der Waals surface area contributed by atoms with Gasteiger partial charge in [-0.2, -0.15) is 0 Å². The second-order valence-electron chi connectivity index (χ2n) is 8.14. The molecule has 2 aromatic rings. The zero-order valence-corrected chi connectivity index (χ0v) is 18.6. The van der Waals surface area contributed by atoms with E-state index < -0.39 is 0 Å². The van der Waals surface area contributed by atoms with E-state index in [1.165, 1.54) is 39.2 Å². The minimum absolute atomic E-state index is 0.0200. The van der Waals surface area contributed by atoms with Crippen molar-refractivity contribution < 1.29 is 19.1 Å². The van der Waals surface area contributed by atoms with E-state index in [9.17, 15) is 9.59 Å². The molecular formula is C25H32N2O4. The SMILES string of the molecule is COc1ccc(C(=O)Nc2cc(NC(=O)CCC3CCCCC3)ccc2C)cc1OC. The Morgan fingerprint density at radius 3 is 2.39 bits per heavy atom. The lowest BCUT2D eigenvalue weighted by atomic mass is 9.86. The van der Waals surface area contributed by atoms with Crippen molar-refractivity contribution in [3.63, 3.8) is 0 Å². The molecule has 2 amide bonds. The van der Waals surface area contributed by atoms with Crippen molar-refractivity contribution in [1.82, 2.24) is 0 Å². The number of nitrogens with one attached hydrogen (secondary N) is 2. The zero-order chi connectivity index (χ0) is 22.2. The van der Waals surface area contributed by atoms with Crippen LogP contribution in [0.3, 0.4) is 0 Å². The number of amides is 2. The number of anilines is 2. The molecule has 0 spiro atoms. The summed E-state index contributed by atoms with van der Waals surface area (Å²) < 4.78 is 10.5. The van der Waals surface area contributed by atoms with Crippen molar-refractivity contribution in [2.75, 3.05) is 24.9 Å². The Labute approximate surface area is 184 Å². The highest BCUT2D eigenvalue weighted by atomic mass is 16.5. The van der Waals surface area contributed by atoms with E-state index in [0.717, 1.165) is 12.0 Å². The maximum Gasteiger partial charge on any atom is 0.255 e. The van der Waals surface area contributed by atoms with Crippen LogP contribution in [0.5, 0.6) is 11.5 Å². The number of methoxy groups -OCH3 is 2. The maximum atomic E-state index is 12.8. The fraction of sp³-hybridized carbons (Fsp3) is 0.440. The highest BCUT2D eigenvalue weighted by molar-refractivity contribution is 6.05. The van der Waals surface area contributed by atoms with E-state index in [1.54, 1.807) is 31.4 Å². The molecule has 1 aliphatic carbocycles. The predicted molar refractivity (Wildman–Crippen MR) is 123 cm³/mol. The predicted octanol–water partition coefficient (Wildman–Crippen LogP) is 5.56. The van der Waals surface area contributed by atoms with Gasteiger partial charge in [0.05, 0.1) is 14.2 Å². The van der Waals surface area contributed by atoms with Crippen molar-refractivity contribution >= 4 is 23.2 Å². The Bertz CT molecular complexity index is 920. The molecule has 0 atom stereocenters. The topological polar surface area (TPSA) is 76.7 Å². The van der Waals surface area contributed by atoms with Gasteiger partial charge in [0.25, 0.3) is 5.91 Å². The summed E-state index contributed by atoms with van der Waals surface area (Å²) in [6, 6.07) is 10.6. The minimum Gasteiger partial charge on any atom is -0.493 e. The lowest BCUT2D eigenvalue weighted by Gasteiger charge is -2.21. The van der Waals surface area contributed by atoms with E-state index in [-0.39, 0.29) is 11.8 Å². The molecule has 1 saturated carbocycles. The first kappa shape index (κ1) is 22.7. The molecular weight excluding hydrogens is 392 g/mol. The van der Waals surface area contributed by atoms with Crippen LogP contribution in [0, 0.1) is 12.8 Å². The van der Waals surface area contributed by atoms with Crippen molar-refractivity contribution in [3.05, 3.63) is 47.5 Å². The van der Waals surface area contributed by atoms with E-state index in [0.29, 0.717) is 40.8 Å². The third-order valence-electron chi connectivity index (χ3n) is 5.92. The van der Waals surface area contributed by atoms with Gasteiger partial charge in [0.15, 0.2) is 11.5 Å². The van der Waals surface area contributed by atoms with Crippen molar-refractivity contribution in [1.29, 1.82) is 0 Å². The van der Waals surface area contributed by atoms with Gasteiger partial charge in [-0.1, -0.05) is 38.2 Å². The number of aryl methyl sites for hydroxylation is 1. The normalized spacial score (nSPS) is 14.0. The molecule has 0 unspecified atom stereocenters. The highest BCUT2D eigenvalue weighted by Crippen LogP contribution is 2.29. The molecule has 0 bridgehead atoms. The summed E-state index contributed by atoms with van der Waals surface area (Å²) in [5, 5.41) is 5.89. The van der Waals surface area contributed by atoms with E-state index in [4.69, 9.17) is 9.47 Å². The molecule has 0 aliphatic heterocycles. The molecule has 31 heavy (non-hydrogen) atoms. The zero-order valence-electron chi connectivity index (χ0n) is 18.6. The molecule has 0 heterocycles.